The normalized spacial score (nSPS) is 11.7. The maximum absolute atomic E-state index is 13.4. The molecule has 0 bridgehead atoms. The molecule has 33 heavy (non-hydrogen) atoms. The van der Waals surface area contributed by atoms with E-state index in [0.29, 0.717) is 28.0 Å². The molecular formula is C22H18F5N3O2S. The Morgan fingerprint density at radius 2 is 1.64 bits per heavy atom. The second-order valence-electron chi connectivity index (χ2n) is 6.71. The topological polar surface area (TPSA) is 63.2 Å². The molecule has 3 rings (SSSR count). The Morgan fingerprint density at radius 1 is 0.970 bits per heavy atom. The van der Waals surface area contributed by atoms with E-state index in [1.165, 1.54) is 61.7 Å². The van der Waals surface area contributed by atoms with Gasteiger partial charge in [0.25, 0.3) is 5.25 Å². The molecule has 5 nitrogen and oxygen atoms in total. The molecule has 2 aromatic carbocycles. The summed E-state index contributed by atoms with van der Waals surface area (Å²) in [7, 11) is 0. The molecule has 0 atom stereocenters. The van der Waals surface area contributed by atoms with E-state index in [-0.39, 0.29) is 18.1 Å². The highest BCUT2D eigenvalue weighted by Gasteiger charge is 2.30. The fourth-order valence-corrected chi connectivity index (χ4v) is 3.28. The second-order valence-corrected chi connectivity index (χ2v) is 7.98. The van der Waals surface area contributed by atoms with E-state index in [4.69, 9.17) is 4.74 Å². The maximum atomic E-state index is 13.4. The first-order valence-corrected chi connectivity index (χ1v) is 10.4. The van der Waals surface area contributed by atoms with Crippen LogP contribution in [0.15, 0.2) is 71.8 Å². The van der Waals surface area contributed by atoms with E-state index in [0.717, 1.165) is 12.1 Å². The molecule has 0 spiro atoms. The number of carbonyl (C=O) groups is 1. The summed E-state index contributed by atoms with van der Waals surface area (Å²) in [6.45, 7) is 1.39. The minimum atomic E-state index is -4.49. The van der Waals surface area contributed by atoms with Crippen molar-refractivity contribution >= 4 is 29.2 Å². The number of hydrogen-bond donors (Lipinski definition) is 2. The predicted molar refractivity (Wildman–Crippen MR) is 116 cm³/mol. The summed E-state index contributed by atoms with van der Waals surface area (Å²) < 4.78 is 70.6. The average Bonchev–Trinajstić information content (AvgIpc) is 2.76. The average molecular weight is 483 g/mol. The Kier molecular flexibility index (Phi) is 7.42. The molecule has 0 fully saturated rings. The Morgan fingerprint density at radius 3 is 2.24 bits per heavy atom. The number of amides is 2. The van der Waals surface area contributed by atoms with Gasteiger partial charge in [0.05, 0.1) is 17.4 Å². The molecule has 2 amide bonds. The van der Waals surface area contributed by atoms with Gasteiger partial charge in [-0.15, -0.1) is 0 Å². The number of aromatic nitrogens is 1. The highest BCUT2D eigenvalue weighted by Crippen LogP contribution is 2.38. The molecule has 3 aromatic rings. The molecule has 0 unspecified atom stereocenters. The SMILES string of the molecule is CCC(F)(F)Sc1ccc(NC(=O)Nc2ccc(Oc3cccc(C(F)(F)F)c3)nc2)cc1. The second kappa shape index (κ2) is 10.1. The fourth-order valence-electron chi connectivity index (χ4n) is 2.52. The Labute approximate surface area is 190 Å². The smallest absolute Gasteiger partial charge is 0.416 e. The van der Waals surface area contributed by atoms with E-state index >= 15 is 0 Å². The zero-order valence-electron chi connectivity index (χ0n) is 17.1. The van der Waals surface area contributed by atoms with Gasteiger partial charge in [-0.1, -0.05) is 24.8 Å². The zero-order valence-corrected chi connectivity index (χ0v) is 17.9. The number of anilines is 2. The van der Waals surface area contributed by atoms with Crippen LogP contribution in [0.3, 0.4) is 0 Å². The highest BCUT2D eigenvalue weighted by molar-refractivity contribution is 8.00. The van der Waals surface area contributed by atoms with Crippen LogP contribution in [0.4, 0.5) is 38.1 Å². The lowest BCUT2D eigenvalue weighted by molar-refractivity contribution is -0.137. The Balaban J connectivity index is 1.55. The standard InChI is InChI=1S/C22H18F5N3O2S/c1-2-21(23,24)33-18-9-6-15(7-10-18)29-20(31)30-16-8-11-19(28-13-16)32-17-5-3-4-14(12-17)22(25,26)27/h3-13H,2H2,1H3,(H2,29,30,31). The third kappa shape index (κ3) is 7.35. The van der Waals surface area contributed by atoms with Crippen LogP contribution in [0.25, 0.3) is 0 Å². The van der Waals surface area contributed by atoms with Crippen molar-refractivity contribution in [3.63, 3.8) is 0 Å². The van der Waals surface area contributed by atoms with Gasteiger partial charge in [-0.3, -0.25) is 0 Å². The number of thioether (sulfide) groups is 1. The number of nitrogens with one attached hydrogen (secondary N) is 2. The van der Waals surface area contributed by atoms with Gasteiger partial charge in [0.2, 0.25) is 5.88 Å². The summed E-state index contributed by atoms with van der Waals surface area (Å²) in [4.78, 5) is 16.5. The first-order valence-electron chi connectivity index (χ1n) is 9.60. The van der Waals surface area contributed by atoms with Crippen LogP contribution in [0.2, 0.25) is 0 Å². The maximum Gasteiger partial charge on any atom is 0.416 e. The van der Waals surface area contributed by atoms with Gasteiger partial charge in [-0.2, -0.15) is 22.0 Å². The summed E-state index contributed by atoms with van der Waals surface area (Å²) in [6.07, 6.45) is -3.51. The number of pyridine rings is 1. The first kappa shape index (κ1) is 24.3. The van der Waals surface area contributed by atoms with Gasteiger partial charge in [0.15, 0.2) is 0 Å². The van der Waals surface area contributed by atoms with Gasteiger partial charge >= 0.3 is 12.2 Å². The molecule has 0 saturated carbocycles. The number of urea groups is 1. The van der Waals surface area contributed by atoms with Crippen molar-refractivity contribution in [2.75, 3.05) is 10.6 Å². The highest BCUT2D eigenvalue weighted by atomic mass is 32.2. The molecule has 1 heterocycles. The molecule has 0 aliphatic heterocycles. The van der Waals surface area contributed by atoms with Gasteiger partial charge in [0.1, 0.15) is 5.75 Å². The van der Waals surface area contributed by atoms with Crippen LogP contribution in [-0.4, -0.2) is 16.3 Å². The van der Waals surface area contributed by atoms with Crippen molar-refractivity contribution < 1.29 is 31.5 Å². The van der Waals surface area contributed by atoms with E-state index in [9.17, 15) is 26.7 Å². The Bertz CT molecular complexity index is 1090. The quantitative estimate of drug-likeness (QED) is 0.268. The lowest BCUT2D eigenvalue weighted by Crippen LogP contribution is -2.19. The van der Waals surface area contributed by atoms with E-state index in [1.807, 2.05) is 0 Å². The molecule has 0 aliphatic rings. The number of carbonyl (C=O) groups excluding carboxylic acids is 1. The molecule has 0 radical (unpaired) electrons. The van der Waals surface area contributed by atoms with Gasteiger partial charge in [-0.05, 0) is 48.5 Å². The lowest BCUT2D eigenvalue weighted by atomic mass is 10.2. The third-order valence-corrected chi connectivity index (χ3v) is 5.26. The van der Waals surface area contributed by atoms with Gasteiger partial charge in [0, 0.05) is 23.1 Å². The number of ether oxygens (including phenoxy) is 1. The number of rotatable bonds is 7. The molecule has 0 saturated heterocycles. The monoisotopic (exact) mass is 483 g/mol. The van der Waals surface area contributed by atoms with E-state index < -0.39 is 23.0 Å². The van der Waals surface area contributed by atoms with Crippen molar-refractivity contribution in [2.45, 2.75) is 29.7 Å². The van der Waals surface area contributed by atoms with Crippen LogP contribution in [0, 0.1) is 0 Å². The fraction of sp³-hybridized carbons (Fsp3) is 0.182. The van der Waals surface area contributed by atoms with Crippen molar-refractivity contribution in [1.29, 1.82) is 0 Å². The summed E-state index contributed by atoms with van der Waals surface area (Å²) >= 11 is 0.442. The van der Waals surface area contributed by atoms with E-state index in [1.54, 1.807) is 0 Å². The van der Waals surface area contributed by atoms with Crippen LogP contribution in [-0.2, 0) is 6.18 Å². The molecule has 174 valence electrons. The number of halogens is 5. The summed E-state index contributed by atoms with van der Waals surface area (Å²) in [5.41, 5.74) is -0.145. The van der Waals surface area contributed by atoms with Crippen molar-refractivity contribution in [3.05, 3.63) is 72.4 Å². The van der Waals surface area contributed by atoms with Gasteiger partial charge in [-0.25, -0.2) is 9.78 Å². The minimum Gasteiger partial charge on any atom is -0.439 e. The number of hydrogen-bond acceptors (Lipinski definition) is 4. The molecule has 11 heteroatoms. The van der Waals surface area contributed by atoms with Crippen LogP contribution < -0.4 is 15.4 Å². The minimum absolute atomic E-state index is 0.0333. The predicted octanol–water partition coefficient (Wildman–Crippen LogP) is 7.63. The lowest BCUT2D eigenvalue weighted by Gasteiger charge is -2.13. The summed E-state index contributed by atoms with van der Waals surface area (Å²) in [6, 6.07) is 12.6. The molecular weight excluding hydrogens is 465 g/mol. The van der Waals surface area contributed by atoms with Crippen molar-refractivity contribution in [1.82, 2.24) is 4.98 Å². The summed E-state index contributed by atoms with van der Waals surface area (Å²) in [5, 5.41) is 2.22. The molecule has 0 aliphatic carbocycles. The largest absolute Gasteiger partial charge is 0.439 e. The Hall–Kier alpha value is -3.34. The third-order valence-electron chi connectivity index (χ3n) is 4.17. The molecule has 2 N–H and O–H groups in total. The number of alkyl halides is 5. The zero-order chi connectivity index (χ0) is 24.1. The van der Waals surface area contributed by atoms with E-state index in [2.05, 4.69) is 15.6 Å². The van der Waals surface area contributed by atoms with Crippen LogP contribution >= 0.6 is 11.8 Å². The van der Waals surface area contributed by atoms with Crippen LogP contribution in [0.1, 0.15) is 18.9 Å². The van der Waals surface area contributed by atoms with Crippen molar-refractivity contribution in [3.8, 4) is 11.6 Å². The molecule has 1 aromatic heterocycles. The number of benzene rings is 2. The first-order chi connectivity index (χ1) is 15.5. The number of nitrogens with zero attached hydrogens (tertiary/aromatic N) is 1. The van der Waals surface area contributed by atoms with Gasteiger partial charge < -0.3 is 15.4 Å². The van der Waals surface area contributed by atoms with Crippen molar-refractivity contribution in [2.24, 2.45) is 0 Å². The summed E-state index contributed by atoms with van der Waals surface area (Å²) in [5.74, 6) is 0.00587. The van der Waals surface area contributed by atoms with Crippen LogP contribution in [0.5, 0.6) is 11.6 Å².